The van der Waals surface area contributed by atoms with Crippen molar-refractivity contribution in [1.82, 2.24) is 0 Å². The fourth-order valence-corrected chi connectivity index (χ4v) is 2.08. The van der Waals surface area contributed by atoms with Crippen molar-refractivity contribution in [1.29, 1.82) is 5.26 Å². The number of ether oxygens (including phenoxy) is 1. The zero-order valence-corrected chi connectivity index (χ0v) is 11.8. The zero-order valence-electron chi connectivity index (χ0n) is 10.3. The van der Waals surface area contributed by atoms with E-state index in [2.05, 4.69) is 0 Å². The Balaban J connectivity index is 2.13. The van der Waals surface area contributed by atoms with E-state index in [4.69, 9.17) is 33.2 Å². The predicted octanol–water partition coefficient (Wildman–Crippen LogP) is 4.26. The first-order valence-corrected chi connectivity index (χ1v) is 6.45. The van der Waals surface area contributed by atoms with Crippen LogP contribution in [0.15, 0.2) is 36.4 Å². The third-order valence-electron chi connectivity index (χ3n) is 2.66. The van der Waals surface area contributed by atoms with Crippen LogP contribution < -0.4 is 4.74 Å². The minimum Gasteiger partial charge on any atom is -0.487 e. The third kappa shape index (κ3) is 3.30. The molecule has 0 N–H and O–H groups in total. The topological polar surface area (TPSA) is 50.1 Å². The lowest BCUT2D eigenvalue weighted by Crippen LogP contribution is -1.97. The number of hydrogen-bond donors (Lipinski definition) is 0. The van der Waals surface area contributed by atoms with E-state index >= 15 is 0 Å². The molecule has 0 aromatic heterocycles. The summed E-state index contributed by atoms with van der Waals surface area (Å²) in [5.74, 6) is 0.470. The summed E-state index contributed by atoms with van der Waals surface area (Å²) >= 11 is 12.1. The number of carbonyl (C=O) groups is 1. The maximum atomic E-state index is 10.6. The number of nitriles is 1. The largest absolute Gasteiger partial charge is 0.487 e. The highest BCUT2D eigenvalue weighted by Gasteiger charge is 2.06. The molecule has 0 fully saturated rings. The van der Waals surface area contributed by atoms with Crippen molar-refractivity contribution in [2.75, 3.05) is 0 Å². The summed E-state index contributed by atoms with van der Waals surface area (Å²) in [6, 6.07) is 11.8. The second-order valence-corrected chi connectivity index (χ2v) is 4.83. The molecule has 100 valence electrons. The lowest BCUT2D eigenvalue weighted by atomic mass is 10.1. The van der Waals surface area contributed by atoms with E-state index in [-0.39, 0.29) is 6.61 Å². The fourth-order valence-electron chi connectivity index (χ4n) is 1.60. The van der Waals surface area contributed by atoms with Crippen LogP contribution in [0.4, 0.5) is 0 Å². The van der Waals surface area contributed by atoms with Crippen LogP contribution in [0.25, 0.3) is 0 Å². The molecule has 2 aromatic rings. The van der Waals surface area contributed by atoms with Gasteiger partial charge in [0.15, 0.2) is 0 Å². The van der Waals surface area contributed by atoms with Gasteiger partial charge in [0.1, 0.15) is 18.6 Å². The van der Waals surface area contributed by atoms with Crippen LogP contribution >= 0.6 is 23.2 Å². The molecule has 0 aliphatic carbocycles. The molecule has 5 heteroatoms. The molecule has 0 saturated heterocycles. The highest BCUT2D eigenvalue weighted by atomic mass is 35.5. The van der Waals surface area contributed by atoms with Crippen LogP contribution in [0.3, 0.4) is 0 Å². The minimum atomic E-state index is 0.227. The summed E-state index contributed by atoms with van der Waals surface area (Å²) in [6.45, 7) is 0.227. The highest BCUT2D eigenvalue weighted by molar-refractivity contribution is 6.32. The van der Waals surface area contributed by atoms with Crippen molar-refractivity contribution < 1.29 is 9.53 Å². The van der Waals surface area contributed by atoms with E-state index in [9.17, 15) is 4.79 Å². The van der Waals surface area contributed by atoms with Gasteiger partial charge in [-0.05, 0) is 30.3 Å². The average Bonchev–Trinajstić information content (AvgIpc) is 2.46. The summed E-state index contributed by atoms with van der Waals surface area (Å²) in [5, 5.41) is 9.58. The van der Waals surface area contributed by atoms with Crippen molar-refractivity contribution in [3.63, 3.8) is 0 Å². The van der Waals surface area contributed by atoms with Crippen molar-refractivity contribution in [2.24, 2.45) is 0 Å². The molecule has 0 radical (unpaired) electrons. The van der Waals surface area contributed by atoms with Crippen LogP contribution in [0.1, 0.15) is 21.5 Å². The van der Waals surface area contributed by atoms with E-state index in [0.29, 0.717) is 33.2 Å². The SMILES string of the molecule is N#Cc1ccc(COc2ccc(C=O)cc2Cl)c(Cl)c1. The van der Waals surface area contributed by atoms with Gasteiger partial charge >= 0.3 is 0 Å². The third-order valence-corrected chi connectivity index (χ3v) is 3.30. The number of aldehydes is 1. The van der Waals surface area contributed by atoms with Crippen LogP contribution in [0, 0.1) is 11.3 Å². The Morgan fingerprint density at radius 3 is 2.55 bits per heavy atom. The van der Waals surface area contributed by atoms with Gasteiger partial charge in [0.05, 0.1) is 16.7 Å². The second-order valence-electron chi connectivity index (χ2n) is 4.01. The number of nitrogens with zero attached hydrogens (tertiary/aromatic N) is 1. The van der Waals surface area contributed by atoms with Gasteiger partial charge in [0, 0.05) is 16.1 Å². The monoisotopic (exact) mass is 305 g/mol. The lowest BCUT2D eigenvalue weighted by molar-refractivity contribution is 0.112. The first-order chi connectivity index (χ1) is 9.63. The second kappa shape index (κ2) is 6.42. The minimum absolute atomic E-state index is 0.227. The zero-order chi connectivity index (χ0) is 14.5. The van der Waals surface area contributed by atoms with Gasteiger partial charge in [-0.1, -0.05) is 29.3 Å². The van der Waals surface area contributed by atoms with Crippen LogP contribution in [0.5, 0.6) is 5.75 Å². The van der Waals surface area contributed by atoms with Crippen LogP contribution in [0.2, 0.25) is 10.0 Å². The Hall–Kier alpha value is -2.02. The van der Waals surface area contributed by atoms with Gasteiger partial charge in [-0.2, -0.15) is 5.26 Å². The molecule has 0 unspecified atom stereocenters. The molecule has 3 nitrogen and oxygen atoms in total. The fraction of sp³-hybridized carbons (Fsp3) is 0.0667. The normalized spacial score (nSPS) is 9.85. The predicted molar refractivity (Wildman–Crippen MR) is 77.3 cm³/mol. The Labute approximate surface area is 126 Å². The summed E-state index contributed by atoms with van der Waals surface area (Å²) in [5.41, 5.74) is 1.73. The standard InChI is InChI=1S/C15H9Cl2NO2/c16-13-5-10(7-18)1-3-12(13)9-20-15-4-2-11(8-19)6-14(15)17/h1-6,8H,9H2. The van der Waals surface area contributed by atoms with Gasteiger partial charge in [-0.25, -0.2) is 0 Å². The first kappa shape index (κ1) is 14.4. The van der Waals surface area contributed by atoms with E-state index in [1.54, 1.807) is 30.3 Å². The van der Waals surface area contributed by atoms with Gasteiger partial charge in [0.2, 0.25) is 0 Å². The molecule has 2 rings (SSSR count). The van der Waals surface area contributed by atoms with E-state index < -0.39 is 0 Å². The summed E-state index contributed by atoms with van der Waals surface area (Å²) in [6.07, 6.45) is 0.715. The molecule has 0 saturated carbocycles. The Kier molecular flexibility index (Phi) is 4.62. The van der Waals surface area contributed by atoms with Gasteiger partial charge in [-0.3, -0.25) is 4.79 Å². The van der Waals surface area contributed by atoms with Crippen molar-refractivity contribution in [3.05, 3.63) is 63.1 Å². The molecular formula is C15H9Cl2NO2. The molecule has 0 heterocycles. The summed E-state index contributed by atoms with van der Waals surface area (Å²) < 4.78 is 5.56. The molecular weight excluding hydrogens is 297 g/mol. The van der Waals surface area contributed by atoms with Gasteiger partial charge in [-0.15, -0.1) is 0 Å². The molecule has 2 aromatic carbocycles. The van der Waals surface area contributed by atoms with Crippen LogP contribution in [-0.2, 0) is 6.61 Å². The molecule has 0 amide bonds. The summed E-state index contributed by atoms with van der Waals surface area (Å²) in [4.78, 5) is 10.6. The molecule has 20 heavy (non-hydrogen) atoms. The maximum absolute atomic E-state index is 10.6. The number of halogens is 2. The number of rotatable bonds is 4. The van der Waals surface area contributed by atoms with Crippen LogP contribution in [-0.4, -0.2) is 6.29 Å². The number of hydrogen-bond acceptors (Lipinski definition) is 3. The average molecular weight is 306 g/mol. The van der Waals surface area contributed by atoms with Gasteiger partial charge in [0.25, 0.3) is 0 Å². The number of carbonyl (C=O) groups excluding carboxylic acids is 1. The van der Waals surface area contributed by atoms with Crippen molar-refractivity contribution in [2.45, 2.75) is 6.61 Å². The van der Waals surface area contributed by atoms with E-state index in [1.807, 2.05) is 6.07 Å². The molecule has 0 bridgehead atoms. The van der Waals surface area contributed by atoms with Crippen molar-refractivity contribution in [3.8, 4) is 11.8 Å². The molecule has 0 spiro atoms. The Bertz CT molecular complexity index is 693. The molecule has 0 aliphatic heterocycles. The number of benzene rings is 2. The van der Waals surface area contributed by atoms with E-state index in [0.717, 1.165) is 5.56 Å². The van der Waals surface area contributed by atoms with Gasteiger partial charge < -0.3 is 4.74 Å². The van der Waals surface area contributed by atoms with E-state index in [1.165, 1.54) is 6.07 Å². The summed E-state index contributed by atoms with van der Waals surface area (Å²) in [7, 11) is 0. The lowest BCUT2D eigenvalue weighted by Gasteiger charge is -2.09. The Morgan fingerprint density at radius 2 is 1.95 bits per heavy atom. The molecule has 0 atom stereocenters. The molecule has 0 aliphatic rings. The first-order valence-electron chi connectivity index (χ1n) is 5.70. The quantitative estimate of drug-likeness (QED) is 0.793. The maximum Gasteiger partial charge on any atom is 0.150 e. The highest BCUT2D eigenvalue weighted by Crippen LogP contribution is 2.27. The smallest absolute Gasteiger partial charge is 0.150 e. The van der Waals surface area contributed by atoms with Crippen molar-refractivity contribution >= 4 is 29.5 Å². The Morgan fingerprint density at radius 1 is 1.15 bits per heavy atom.